The van der Waals surface area contributed by atoms with Gasteiger partial charge in [0, 0.05) is 19.4 Å². The van der Waals surface area contributed by atoms with E-state index in [0.717, 1.165) is 25.8 Å². The van der Waals surface area contributed by atoms with Crippen molar-refractivity contribution in [1.29, 1.82) is 0 Å². The molecule has 4 heteroatoms. The molecule has 4 nitrogen and oxygen atoms in total. The van der Waals surface area contributed by atoms with Gasteiger partial charge >= 0.3 is 5.97 Å². The number of carboxylic acids is 1. The van der Waals surface area contributed by atoms with Gasteiger partial charge in [0.1, 0.15) is 0 Å². The van der Waals surface area contributed by atoms with Crippen molar-refractivity contribution in [1.82, 2.24) is 5.32 Å². The first-order valence-electron chi connectivity index (χ1n) is 5.82. The van der Waals surface area contributed by atoms with E-state index < -0.39 is 5.97 Å². The van der Waals surface area contributed by atoms with E-state index >= 15 is 0 Å². The molecule has 1 atom stereocenters. The second-order valence-corrected chi connectivity index (χ2v) is 4.20. The summed E-state index contributed by atoms with van der Waals surface area (Å²) in [5.41, 5.74) is 0. The summed E-state index contributed by atoms with van der Waals surface area (Å²) in [7, 11) is 0. The Morgan fingerprint density at radius 2 is 2.12 bits per heavy atom. The first-order valence-corrected chi connectivity index (χ1v) is 5.82. The Morgan fingerprint density at radius 1 is 1.31 bits per heavy atom. The molecule has 1 amide bonds. The Morgan fingerprint density at radius 3 is 2.75 bits per heavy atom. The molecule has 0 aromatic heterocycles. The van der Waals surface area contributed by atoms with Crippen LogP contribution < -0.4 is 5.32 Å². The zero-order chi connectivity index (χ0) is 11.8. The molecule has 0 aliphatic heterocycles. The van der Waals surface area contributed by atoms with Crippen LogP contribution in [-0.2, 0) is 9.59 Å². The van der Waals surface area contributed by atoms with Crippen LogP contribution in [0.15, 0.2) is 12.2 Å². The molecule has 0 bridgehead atoms. The molecule has 0 heterocycles. The molecule has 16 heavy (non-hydrogen) atoms. The summed E-state index contributed by atoms with van der Waals surface area (Å²) < 4.78 is 0. The minimum absolute atomic E-state index is 0.0317. The van der Waals surface area contributed by atoms with Crippen LogP contribution in [-0.4, -0.2) is 23.5 Å². The van der Waals surface area contributed by atoms with Gasteiger partial charge in [-0.2, -0.15) is 0 Å². The SMILES string of the molecule is O=C(O)CCCC(=O)NCC1CC=CCC1. The van der Waals surface area contributed by atoms with Crippen molar-refractivity contribution in [2.24, 2.45) is 5.92 Å². The maximum Gasteiger partial charge on any atom is 0.303 e. The quantitative estimate of drug-likeness (QED) is 0.676. The van der Waals surface area contributed by atoms with Crippen LogP contribution in [0.3, 0.4) is 0 Å². The molecule has 0 radical (unpaired) electrons. The monoisotopic (exact) mass is 225 g/mol. The number of carbonyl (C=O) groups excluding carboxylic acids is 1. The molecule has 0 saturated heterocycles. The third kappa shape index (κ3) is 5.53. The van der Waals surface area contributed by atoms with Crippen molar-refractivity contribution in [3.63, 3.8) is 0 Å². The third-order valence-corrected chi connectivity index (χ3v) is 2.76. The lowest BCUT2D eigenvalue weighted by Crippen LogP contribution is -2.29. The molecule has 1 aliphatic rings. The standard InChI is InChI=1S/C12H19NO3/c14-11(7-4-8-12(15)16)13-9-10-5-2-1-3-6-10/h1-2,10H,3-9H2,(H,13,14)(H,15,16). The zero-order valence-corrected chi connectivity index (χ0v) is 9.45. The van der Waals surface area contributed by atoms with Gasteiger partial charge in [-0.3, -0.25) is 9.59 Å². The summed E-state index contributed by atoms with van der Waals surface area (Å²) in [4.78, 5) is 21.6. The fourth-order valence-corrected chi connectivity index (χ4v) is 1.79. The van der Waals surface area contributed by atoms with Crippen molar-refractivity contribution >= 4 is 11.9 Å². The molecule has 1 aliphatic carbocycles. The van der Waals surface area contributed by atoms with Gasteiger partial charge in [-0.05, 0) is 31.6 Å². The summed E-state index contributed by atoms with van der Waals surface area (Å²) in [5.74, 6) is -0.325. The normalized spacial score (nSPS) is 19.4. The highest BCUT2D eigenvalue weighted by Crippen LogP contribution is 2.16. The number of hydrogen-bond donors (Lipinski definition) is 2. The lowest BCUT2D eigenvalue weighted by Gasteiger charge is -2.17. The molecule has 90 valence electrons. The largest absolute Gasteiger partial charge is 0.481 e. The van der Waals surface area contributed by atoms with E-state index in [9.17, 15) is 9.59 Å². The molecular weight excluding hydrogens is 206 g/mol. The maximum absolute atomic E-state index is 11.3. The fraction of sp³-hybridized carbons (Fsp3) is 0.667. The highest BCUT2D eigenvalue weighted by molar-refractivity contribution is 5.76. The number of nitrogens with one attached hydrogen (secondary N) is 1. The zero-order valence-electron chi connectivity index (χ0n) is 9.45. The maximum atomic E-state index is 11.3. The van der Waals surface area contributed by atoms with Crippen LogP contribution >= 0.6 is 0 Å². The fourth-order valence-electron chi connectivity index (χ4n) is 1.79. The van der Waals surface area contributed by atoms with Crippen LogP contribution in [0.5, 0.6) is 0 Å². The van der Waals surface area contributed by atoms with Gasteiger partial charge in [-0.1, -0.05) is 12.2 Å². The predicted molar refractivity (Wildman–Crippen MR) is 61.0 cm³/mol. The molecule has 0 fully saturated rings. The lowest BCUT2D eigenvalue weighted by molar-refractivity contribution is -0.137. The topological polar surface area (TPSA) is 66.4 Å². The first-order chi connectivity index (χ1) is 7.68. The van der Waals surface area contributed by atoms with Crippen LogP contribution in [0.1, 0.15) is 38.5 Å². The summed E-state index contributed by atoms with van der Waals surface area (Å²) in [6.45, 7) is 0.718. The first kappa shape index (κ1) is 12.7. The van der Waals surface area contributed by atoms with Crippen molar-refractivity contribution in [3.8, 4) is 0 Å². The second kappa shape index (κ2) is 7.04. The molecule has 0 saturated carbocycles. The Labute approximate surface area is 95.7 Å². The van der Waals surface area contributed by atoms with Crippen molar-refractivity contribution in [2.75, 3.05) is 6.54 Å². The van der Waals surface area contributed by atoms with E-state index in [1.54, 1.807) is 0 Å². The van der Waals surface area contributed by atoms with Crippen LogP contribution in [0.4, 0.5) is 0 Å². The molecular formula is C12H19NO3. The van der Waals surface area contributed by atoms with E-state index in [1.807, 2.05) is 0 Å². The summed E-state index contributed by atoms with van der Waals surface area (Å²) in [6, 6.07) is 0. The molecule has 1 rings (SSSR count). The van der Waals surface area contributed by atoms with Crippen molar-refractivity contribution in [2.45, 2.75) is 38.5 Å². The number of hydrogen-bond acceptors (Lipinski definition) is 2. The smallest absolute Gasteiger partial charge is 0.303 e. The minimum atomic E-state index is -0.842. The number of aliphatic carboxylic acids is 1. The Hall–Kier alpha value is -1.32. The van der Waals surface area contributed by atoms with Gasteiger partial charge in [-0.25, -0.2) is 0 Å². The Balaban J connectivity index is 2.05. The van der Waals surface area contributed by atoms with Crippen LogP contribution in [0.2, 0.25) is 0 Å². The molecule has 2 N–H and O–H groups in total. The highest BCUT2D eigenvalue weighted by atomic mass is 16.4. The van der Waals surface area contributed by atoms with Gasteiger partial charge in [0.2, 0.25) is 5.91 Å². The minimum Gasteiger partial charge on any atom is -0.481 e. The molecule has 0 aromatic carbocycles. The van der Waals surface area contributed by atoms with Crippen LogP contribution in [0.25, 0.3) is 0 Å². The van der Waals surface area contributed by atoms with Gasteiger partial charge < -0.3 is 10.4 Å². The van der Waals surface area contributed by atoms with Gasteiger partial charge in [0.05, 0.1) is 0 Å². The van der Waals surface area contributed by atoms with Crippen LogP contribution in [0, 0.1) is 5.92 Å². The summed E-state index contributed by atoms with van der Waals surface area (Å²) >= 11 is 0. The van der Waals surface area contributed by atoms with E-state index in [1.165, 1.54) is 0 Å². The molecule has 0 aromatic rings. The molecule has 1 unspecified atom stereocenters. The second-order valence-electron chi connectivity index (χ2n) is 4.20. The number of carbonyl (C=O) groups is 2. The average molecular weight is 225 g/mol. The number of allylic oxidation sites excluding steroid dienone is 2. The van der Waals surface area contributed by atoms with Gasteiger partial charge in [-0.15, -0.1) is 0 Å². The van der Waals surface area contributed by atoms with E-state index in [2.05, 4.69) is 17.5 Å². The average Bonchev–Trinajstić information content (AvgIpc) is 2.27. The van der Waals surface area contributed by atoms with E-state index in [4.69, 9.17) is 5.11 Å². The number of carboxylic acid groups (broad SMARTS) is 1. The summed E-state index contributed by atoms with van der Waals surface area (Å²) in [6.07, 6.45) is 8.40. The predicted octanol–water partition coefficient (Wildman–Crippen LogP) is 1.71. The number of rotatable bonds is 6. The van der Waals surface area contributed by atoms with Gasteiger partial charge in [0.15, 0.2) is 0 Å². The summed E-state index contributed by atoms with van der Waals surface area (Å²) in [5, 5.41) is 11.3. The Kier molecular flexibility index (Phi) is 5.61. The lowest BCUT2D eigenvalue weighted by atomic mass is 9.94. The number of amides is 1. The van der Waals surface area contributed by atoms with Gasteiger partial charge in [0.25, 0.3) is 0 Å². The molecule has 0 spiro atoms. The van der Waals surface area contributed by atoms with Crippen molar-refractivity contribution < 1.29 is 14.7 Å². The van der Waals surface area contributed by atoms with E-state index in [-0.39, 0.29) is 12.3 Å². The Bertz CT molecular complexity index is 273. The highest BCUT2D eigenvalue weighted by Gasteiger charge is 2.11. The van der Waals surface area contributed by atoms with Crippen molar-refractivity contribution in [3.05, 3.63) is 12.2 Å². The van der Waals surface area contributed by atoms with E-state index in [0.29, 0.717) is 18.8 Å². The third-order valence-electron chi connectivity index (χ3n) is 2.76.